The van der Waals surface area contributed by atoms with Gasteiger partial charge in [0, 0.05) is 51.4 Å². The summed E-state index contributed by atoms with van der Waals surface area (Å²) in [5.74, 6) is 1.88. The van der Waals surface area contributed by atoms with Gasteiger partial charge in [0.2, 0.25) is 0 Å². The van der Waals surface area contributed by atoms with Gasteiger partial charge in [0.1, 0.15) is 17.2 Å². The fraction of sp³-hybridized carbons (Fsp3) is 0.700. The van der Waals surface area contributed by atoms with Crippen molar-refractivity contribution in [3.05, 3.63) is 18.1 Å². The molecule has 3 amide bonds. The Kier molecular flexibility index (Phi) is 6.44. The molecule has 0 unspecified atom stereocenters. The number of hydrogen-bond donors (Lipinski definition) is 1. The van der Waals surface area contributed by atoms with Crippen LogP contribution in [0, 0.1) is 0 Å². The molecule has 9 heteroatoms. The van der Waals surface area contributed by atoms with E-state index in [0.717, 1.165) is 18.7 Å². The van der Waals surface area contributed by atoms with Crippen LogP contribution in [-0.2, 0) is 4.74 Å². The Balaban J connectivity index is 1.51. The van der Waals surface area contributed by atoms with Crippen molar-refractivity contribution >= 4 is 17.9 Å². The summed E-state index contributed by atoms with van der Waals surface area (Å²) in [5, 5.41) is 1.43. The van der Waals surface area contributed by atoms with Gasteiger partial charge in [-0.2, -0.15) is 0 Å². The average molecular weight is 405 g/mol. The molecule has 9 nitrogen and oxygen atoms in total. The molecule has 2 fully saturated rings. The van der Waals surface area contributed by atoms with Crippen molar-refractivity contribution in [2.24, 2.45) is 0 Å². The van der Waals surface area contributed by atoms with E-state index in [-0.39, 0.29) is 12.1 Å². The molecule has 1 aliphatic carbocycles. The zero-order valence-corrected chi connectivity index (χ0v) is 17.8. The molecule has 1 N–H and O–H groups in total. The lowest BCUT2D eigenvalue weighted by molar-refractivity contribution is 0.0162. The molecule has 2 heterocycles. The highest BCUT2D eigenvalue weighted by atomic mass is 16.6. The minimum Gasteiger partial charge on any atom is -0.444 e. The molecule has 1 aliphatic heterocycles. The molecule has 1 saturated heterocycles. The predicted molar refractivity (Wildman–Crippen MR) is 109 cm³/mol. The maximum atomic E-state index is 12.8. The van der Waals surface area contributed by atoms with Gasteiger partial charge in [-0.05, 0) is 33.6 Å². The molecule has 1 saturated carbocycles. The number of carbonyl (C=O) groups excluding carboxylic acids is 2. The van der Waals surface area contributed by atoms with Crippen LogP contribution < -0.4 is 5.43 Å². The zero-order valence-electron chi connectivity index (χ0n) is 17.8. The third kappa shape index (κ3) is 5.71. The fourth-order valence-electron chi connectivity index (χ4n) is 3.66. The molecule has 0 spiro atoms. The molecule has 0 aromatic carbocycles. The maximum Gasteiger partial charge on any atom is 0.410 e. The van der Waals surface area contributed by atoms with E-state index in [1.165, 1.54) is 17.9 Å². The summed E-state index contributed by atoms with van der Waals surface area (Å²) in [4.78, 5) is 37.3. The minimum atomic E-state index is -0.525. The number of piperazine rings is 1. The van der Waals surface area contributed by atoms with E-state index in [9.17, 15) is 9.59 Å². The number of carbonyl (C=O) groups is 2. The molecule has 3 rings (SSSR count). The Hall–Kier alpha value is -2.58. The minimum absolute atomic E-state index is 0.158. The lowest BCUT2D eigenvalue weighted by atomic mass is 10.1. The number of hydrazine groups is 1. The average Bonchev–Trinajstić information content (AvgIpc) is 3.21. The summed E-state index contributed by atoms with van der Waals surface area (Å²) in [6, 6.07) is 1.61. The maximum absolute atomic E-state index is 12.8. The van der Waals surface area contributed by atoms with E-state index in [0.29, 0.717) is 37.9 Å². The SMILES string of the molecule is CN(Nc1ccnc(C2CCCC2)n1)C(=O)N1CCN(C(=O)OC(C)(C)C)CC1. The van der Waals surface area contributed by atoms with Crippen molar-refractivity contribution in [2.75, 3.05) is 38.7 Å². The summed E-state index contributed by atoms with van der Waals surface area (Å²) in [6.45, 7) is 7.35. The highest BCUT2D eigenvalue weighted by molar-refractivity contribution is 5.76. The van der Waals surface area contributed by atoms with Crippen molar-refractivity contribution in [1.29, 1.82) is 0 Å². The summed E-state index contributed by atoms with van der Waals surface area (Å²) < 4.78 is 5.40. The first kappa shape index (κ1) is 21.1. The van der Waals surface area contributed by atoms with Crippen LogP contribution in [0.25, 0.3) is 0 Å². The molecule has 1 aromatic heterocycles. The quantitative estimate of drug-likeness (QED) is 0.779. The van der Waals surface area contributed by atoms with Gasteiger partial charge in [-0.3, -0.25) is 5.43 Å². The molecular formula is C20H32N6O3. The molecule has 0 radical (unpaired) electrons. The van der Waals surface area contributed by atoms with E-state index in [1.807, 2.05) is 20.8 Å². The Bertz CT molecular complexity index is 721. The van der Waals surface area contributed by atoms with Crippen molar-refractivity contribution < 1.29 is 14.3 Å². The number of amides is 3. The number of urea groups is 1. The van der Waals surface area contributed by atoms with Crippen LogP contribution in [0.2, 0.25) is 0 Å². The first-order valence-electron chi connectivity index (χ1n) is 10.3. The van der Waals surface area contributed by atoms with E-state index in [1.54, 1.807) is 29.1 Å². The van der Waals surface area contributed by atoms with Crippen molar-refractivity contribution in [1.82, 2.24) is 24.8 Å². The van der Waals surface area contributed by atoms with Gasteiger partial charge >= 0.3 is 12.1 Å². The van der Waals surface area contributed by atoms with Gasteiger partial charge < -0.3 is 14.5 Å². The highest BCUT2D eigenvalue weighted by Gasteiger charge is 2.29. The summed E-state index contributed by atoms with van der Waals surface area (Å²) in [5.41, 5.74) is 2.53. The molecule has 2 aliphatic rings. The van der Waals surface area contributed by atoms with Crippen molar-refractivity contribution in [3.63, 3.8) is 0 Å². The zero-order chi connectivity index (χ0) is 21.0. The first-order chi connectivity index (χ1) is 13.7. The van der Waals surface area contributed by atoms with Gasteiger partial charge in [0.15, 0.2) is 0 Å². The van der Waals surface area contributed by atoms with Gasteiger partial charge in [-0.1, -0.05) is 12.8 Å². The van der Waals surface area contributed by atoms with Gasteiger partial charge in [-0.25, -0.2) is 24.6 Å². The standard InChI is InChI=1S/C20H32N6O3/c1-20(2,3)29-19(28)26-13-11-25(12-14-26)18(27)24(4)23-16-9-10-21-17(22-16)15-7-5-6-8-15/h9-10,15H,5-8,11-14H2,1-4H3,(H,21,22,23). The number of aromatic nitrogens is 2. The Morgan fingerprint density at radius 1 is 1.14 bits per heavy atom. The van der Waals surface area contributed by atoms with E-state index in [4.69, 9.17) is 4.74 Å². The summed E-state index contributed by atoms with van der Waals surface area (Å²) in [7, 11) is 1.68. The smallest absolute Gasteiger partial charge is 0.410 e. The third-order valence-corrected chi connectivity index (χ3v) is 5.17. The van der Waals surface area contributed by atoms with Crippen LogP contribution in [-0.4, -0.2) is 75.7 Å². The molecule has 0 atom stereocenters. The van der Waals surface area contributed by atoms with E-state index >= 15 is 0 Å². The molecular weight excluding hydrogens is 372 g/mol. The number of nitrogens with zero attached hydrogens (tertiary/aromatic N) is 5. The Morgan fingerprint density at radius 3 is 2.38 bits per heavy atom. The normalized spacial score (nSPS) is 17.9. The third-order valence-electron chi connectivity index (χ3n) is 5.17. The molecule has 160 valence electrons. The number of nitrogens with one attached hydrogen (secondary N) is 1. The predicted octanol–water partition coefficient (Wildman–Crippen LogP) is 3.07. The molecule has 0 bridgehead atoms. The van der Waals surface area contributed by atoms with Crippen LogP contribution in [0.4, 0.5) is 15.4 Å². The van der Waals surface area contributed by atoms with Crippen molar-refractivity contribution in [3.8, 4) is 0 Å². The highest BCUT2D eigenvalue weighted by Crippen LogP contribution is 2.32. The lowest BCUT2D eigenvalue weighted by Crippen LogP contribution is -2.54. The van der Waals surface area contributed by atoms with E-state index in [2.05, 4.69) is 15.4 Å². The molecule has 1 aromatic rings. The number of ether oxygens (including phenoxy) is 1. The number of hydrogen-bond acceptors (Lipinski definition) is 6. The second kappa shape index (κ2) is 8.84. The van der Waals surface area contributed by atoms with Crippen LogP contribution in [0.15, 0.2) is 12.3 Å². The lowest BCUT2D eigenvalue weighted by Gasteiger charge is -2.37. The fourth-order valence-corrected chi connectivity index (χ4v) is 3.66. The van der Waals surface area contributed by atoms with Gasteiger partial charge in [-0.15, -0.1) is 0 Å². The van der Waals surface area contributed by atoms with Crippen molar-refractivity contribution in [2.45, 2.75) is 58.0 Å². The van der Waals surface area contributed by atoms with Crippen LogP contribution >= 0.6 is 0 Å². The Labute approximate surface area is 172 Å². The second-order valence-electron chi connectivity index (χ2n) is 8.69. The van der Waals surface area contributed by atoms with E-state index < -0.39 is 5.60 Å². The second-order valence-corrected chi connectivity index (χ2v) is 8.69. The largest absolute Gasteiger partial charge is 0.444 e. The topological polar surface area (TPSA) is 90.9 Å². The number of rotatable bonds is 3. The van der Waals surface area contributed by atoms with Crippen LogP contribution in [0.3, 0.4) is 0 Å². The number of anilines is 1. The summed E-state index contributed by atoms with van der Waals surface area (Å²) in [6.07, 6.45) is 6.09. The van der Waals surface area contributed by atoms with Crippen LogP contribution in [0.1, 0.15) is 58.2 Å². The Morgan fingerprint density at radius 2 is 1.76 bits per heavy atom. The van der Waals surface area contributed by atoms with Crippen LogP contribution in [0.5, 0.6) is 0 Å². The summed E-state index contributed by atoms with van der Waals surface area (Å²) >= 11 is 0. The first-order valence-corrected chi connectivity index (χ1v) is 10.3. The monoisotopic (exact) mass is 404 g/mol. The molecule has 29 heavy (non-hydrogen) atoms. The van der Waals surface area contributed by atoms with Gasteiger partial charge in [0.25, 0.3) is 0 Å². The van der Waals surface area contributed by atoms with Gasteiger partial charge in [0.05, 0.1) is 0 Å².